The molecule has 0 amide bonds. The zero-order valence-corrected chi connectivity index (χ0v) is 8.40. The van der Waals surface area contributed by atoms with Crippen molar-refractivity contribution < 1.29 is 9.66 Å². The SMILES string of the molecule is C#CCOc1cc(CC)cc([N+](=O)[O-])c1. The number of nitro groups is 1. The second-order valence-corrected chi connectivity index (χ2v) is 2.94. The molecule has 1 aromatic rings. The van der Waals surface area contributed by atoms with Crippen LogP contribution in [0.4, 0.5) is 5.69 Å². The molecule has 78 valence electrons. The van der Waals surface area contributed by atoms with Gasteiger partial charge in [0.2, 0.25) is 0 Å². The van der Waals surface area contributed by atoms with Crippen LogP contribution in [0.1, 0.15) is 12.5 Å². The fraction of sp³-hybridized carbons (Fsp3) is 0.273. The summed E-state index contributed by atoms with van der Waals surface area (Å²) in [5, 5.41) is 10.6. The van der Waals surface area contributed by atoms with Crippen LogP contribution in [0.5, 0.6) is 5.75 Å². The van der Waals surface area contributed by atoms with Crippen LogP contribution in [-0.4, -0.2) is 11.5 Å². The van der Waals surface area contributed by atoms with Gasteiger partial charge in [-0.3, -0.25) is 10.1 Å². The predicted molar refractivity (Wildman–Crippen MR) is 56.8 cm³/mol. The fourth-order valence-corrected chi connectivity index (χ4v) is 1.16. The van der Waals surface area contributed by atoms with Crippen molar-refractivity contribution in [2.75, 3.05) is 6.61 Å². The molecule has 0 radical (unpaired) electrons. The molecule has 0 aromatic heterocycles. The zero-order valence-electron chi connectivity index (χ0n) is 8.40. The van der Waals surface area contributed by atoms with Gasteiger partial charge in [-0.15, -0.1) is 6.42 Å². The molecule has 0 bridgehead atoms. The molecule has 4 nitrogen and oxygen atoms in total. The zero-order chi connectivity index (χ0) is 11.3. The monoisotopic (exact) mass is 205 g/mol. The van der Waals surface area contributed by atoms with E-state index in [0.29, 0.717) is 12.2 Å². The molecule has 0 spiro atoms. The summed E-state index contributed by atoms with van der Waals surface area (Å²) in [5.41, 5.74) is 0.887. The number of terminal acetylenes is 1. The molecule has 0 heterocycles. The van der Waals surface area contributed by atoms with E-state index in [1.54, 1.807) is 6.07 Å². The van der Waals surface area contributed by atoms with Crippen molar-refractivity contribution in [3.8, 4) is 18.1 Å². The summed E-state index contributed by atoms with van der Waals surface area (Å²) >= 11 is 0. The number of nitrogens with zero attached hydrogens (tertiary/aromatic N) is 1. The van der Waals surface area contributed by atoms with Crippen molar-refractivity contribution in [2.24, 2.45) is 0 Å². The highest BCUT2D eigenvalue weighted by molar-refractivity contribution is 5.42. The molecule has 0 aliphatic heterocycles. The maximum Gasteiger partial charge on any atom is 0.273 e. The van der Waals surface area contributed by atoms with Crippen LogP contribution in [-0.2, 0) is 6.42 Å². The first kappa shape index (κ1) is 11.1. The highest BCUT2D eigenvalue weighted by Crippen LogP contribution is 2.22. The molecule has 4 heteroatoms. The minimum atomic E-state index is -0.443. The van der Waals surface area contributed by atoms with Crippen LogP contribution < -0.4 is 4.74 Å². The van der Waals surface area contributed by atoms with E-state index in [0.717, 1.165) is 5.56 Å². The maximum absolute atomic E-state index is 10.6. The summed E-state index contributed by atoms with van der Waals surface area (Å²) in [4.78, 5) is 10.2. The van der Waals surface area contributed by atoms with Gasteiger partial charge in [0.25, 0.3) is 5.69 Å². The average molecular weight is 205 g/mol. The summed E-state index contributed by atoms with van der Waals surface area (Å²) in [6.07, 6.45) is 5.75. The third-order valence-electron chi connectivity index (χ3n) is 1.89. The summed E-state index contributed by atoms with van der Waals surface area (Å²) in [5.74, 6) is 2.75. The number of hydrogen-bond donors (Lipinski definition) is 0. The Balaban J connectivity index is 3.01. The third-order valence-corrected chi connectivity index (χ3v) is 1.89. The van der Waals surface area contributed by atoms with Gasteiger partial charge in [-0.05, 0) is 18.1 Å². The molecule has 0 aliphatic rings. The number of non-ortho nitro benzene ring substituents is 1. The van der Waals surface area contributed by atoms with Gasteiger partial charge < -0.3 is 4.74 Å². The van der Waals surface area contributed by atoms with E-state index in [4.69, 9.17) is 11.2 Å². The lowest BCUT2D eigenvalue weighted by molar-refractivity contribution is -0.385. The third kappa shape index (κ3) is 2.99. The minimum absolute atomic E-state index is 0.0290. The van der Waals surface area contributed by atoms with E-state index in [9.17, 15) is 10.1 Å². The van der Waals surface area contributed by atoms with E-state index in [2.05, 4.69) is 5.92 Å². The van der Waals surface area contributed by atoms with Crippen molar-refractivity contribution >= 4 is 5.69 Å². The highest BCUT2D eigenvalue weighted by Gasteiger charge is 2.09. The van der Waals surface area contributed by atoms with Crippen molar-refractivity contribution in [1.29, 1.82) is 0 Å². The number of rotatable bonds is 4. The van der Waals surface area contributed by atoms with Gasteiger partial charge in [0, 0.05) is 6.07 Å². The average Bonchev–Trinajstić information content (AvgIpc) is 2.25. The molecule has 0 N–H and O–H groups in total. The Morgan fingerprint density at radius 3 is 2.80 bits per heavy atom. The number of nitro benzene ring substituents is 1. The Bertz CT molecular complexity index is 407. The van der Waals surface area contributed by atoms with Gasteiger partial charge in [-0.1, -0.05) is 12.8 Å². The first-order valence-electron chi connectivity index (χ1n) is 4.52. The molecule has 0 saturated carbocycles. The second-order valence-electron chi connectivity index (χ2n) is 2.94. The smallest absolute Gasteiger partial charge is 0.273 e. The molecule has 0 atom stereocenters. The van der Waals surface area contributed by atoms with Gasteiger partial charge in [-0.25, -0.2) is 0 Å². The standard InChI is InChI=1S/C11H11NO3/c1-3-5-15-11-7-9(4-2)6-10(8-11)12(13)14/h1,6-8H,4-5H2,2H3. The minimum Gasteiger partial charge on any atom is -0.481 e. The Morgan fingerprint density at radius 1 is 1.53 bits per heavy atom. The van der Waals surface area contributed by atoms with Gasteiger partial charge in [-0.2, -0.15) is 0 Å². The van der Waals surface area contributed by atoms with Crippen LogP contribution in [0.3, 0.4) is 0 Å². The summed E-state index contributed by atoms with van der Waals surface area (Å²) < 4.78 is 5.15. The van der Waals surface area contributed by atoms with E-state index in [1.165, 1.54) is 12.1 Å². The van der Waals surface area contributed by atoms with Gasteiger partial charge in [0.1, 0.15) is 12.4 Å². The summed E-state index contributed by atoms with van der Waals surface area (Å²) in [6, 6.07) is 4.66. The molecule has 0 fully saturated rings. The van der Waals surface area contributed by atoms with Crippen molar-refractivity contribution in [3.05, 3.63) is 33.9 Å². The predicted octanol–water partition coefficient (Wildman–Crippen LogP) is 2.17. The van der Waals surface area contributed by atoms with Crippen LogP contribution in [0.25, 0.3) is 0 Å². The number of ether oxygens (including phenoxy) is 1. The van der Waals surface area contributed by atoms with Crippen LogP contribution in [0.15, 0.2) is 18.2 Å². The molecule has 1 aromatic carbocycles. The second kappa shape index (κ2) is 5.01. The first-order chi connectivity index (χ1) is 7.17. The molecular weight excluding hydrogens is 194 g/mol. The van der Waals surface area contributed by atoms with E-state index < -0.39 is 4.92 Å². The Kier molecular flexibility index (Phi) is 3.69. The molecule has 0 aliphatic carbocycles. The molecule has 0 unspecified atom stereocenters. The van der Waals surface area contributed by atoms with Crippen LogP contribution >= 0.6 is 0 Å². The molecular formula is C11H11NO3. The Morgan fingerprint density at radius 2 is 2.27 bits per heavy atom. The molecule has 15 heavy (non-hydrogen) atoms. The van der Waals surface area contributed by atoms with Crippen molar-refractivity contribution in [1.82, 2.24) is 0 Å². The lowest BCUT2D eigenvalue weighted by Gasteiger charge is -2.04. The summed E-state index contributed by atoms with van der Waals surface area (Å²) in [7, 11) is 0. The Labute approximate surface area is 88.0 Å². The number of benzene rings is 1. The van der Waals surface area contributed by atoms with Crippen molar-refractivity contribution in [2.45, 2.75) is 13.3 Å². The van der Waals surface area contributed by atoms with Gasteiger partial charge in [0.15, 0.2) is 0 Å². The normalized spacial score (nSPS) is 9.33. The summed E-state index contributed by atoms with van der Waals surface area (Å²) in [6.45, 7) is 2.04. The first-order valence-corrected chi connectivity index (χ1v) is 4.52. The van der Waals surface area contributed by atoms with E-state index >= 15 is 0 Å². The maximum atomic E-state index is 10.6. The largest absolute Gasteiger partial charge is 0.481 e. The van der Waals surface area contributed by atoms with E-state index in [1.807, 2.05) is 6.92 Å². The lowest BCUT2D eigenvalue weighted by atomic mass is 10.1. The molecule has 0 saturated heterocycles. The van der Waals surface area contributed by atoms with Gasteiger partial charge >= 0.3 is 0 Å². The number of hydrogen-bond acceptors (Lipinski definition) is 3. The Hall–Kier alpha value is -2.02. The number of aryl methyl sites for hydroxylation is 1. The lowest BCUT2D eigenvalue weighted by Crippen LogP contribution is -1.97. The quantitative estimate of drug-likeness (QED) is 0.430. The van der Waals surface area contributed by atoms with E-state index in [-0.39, 0.29) is 12.3 Å². The van der Waals surface area contributed by atoms with Crippen molar-refractivity contribution in [3.63, 3.8) is 0 Å². The highest BCUT2D eigenvalue weighted by atomic mass is 16.6. The van der Waals surface area contributed by atoms with Crippen LogP contribution in [0.2, 0.25) is 0 Å². The fourth-order valence-electron chi connectivity index (χ4n) is 1.16. The topological polar surface area (TPSA) is 52.4 Å². The molecule has 1 rings (SSSR count). The van der Waals surface area contributed by atoms with Crippen LogP contribution in [0, 0.1) is 22.5 Å². The van der Waals surface area contributed by atoms with Gasteiger partial charge in [0.05, 0.1) is 11.0 Å².